The summed E-state index contributed by atoms with van der Waals surface area (Å²) < 4.78 is 35.5. The molecule has 0 aromatic heterocycles. The fourth-order valence-corrected chi connectivity index (χ4v) is 6.10. The van der Waals surface area contributed by atoms with Crippen LogP contribution in [-0.4, -0.2) is 83.8 Å². The Balaban J connectivity index is 1.44. The average molecular weight is 600 g/mol. The van der Waals surface area contributed by atoms with E-state index in [2.05, 4.69) is 54.3 Å². The highest BCUT2D eigenvalue weighted by molar-refractivity contribution is 5.61. The minimum absolute atomic E-state index is 0.0346. The first-order valence-electron chi connectivity index (χ1n) is 16.0. The summed E-state index contributed by atoms with van der Waals surface area (Å²) in [7, 11) is 3.47. The summed E-state index contributed by atoms with van der Waals surface area (Å²) in [5.41, 5.74) is 4.66. The van der Waals surface area contributed by atoms with E-state index in [1.165, 1.54) is 5.56 Å². The van der Waals surface area contributed by atoms with Crippen LogP contribution in [0.3, 0.4) is 0 Å². The molecule has 8 nitrogen and oxygen atoms in total. The van der Waals surface area contributed by atoms with Crippen LogP contribution in [0.2, 0.25) is 0 Å². The lowest BCUT2D eigenvalue weighted by atomic mass is 9.79. The first-order chi connectivity index (χ1) is 21.0. The van der Waals surface area contributed by atoms with Crippen LogP contribution in [0.5, 0.6) is 5.75 Å². The van der Waals surface area contributed by atoms with Gasteiger partial charge in [-0.15, -0.1) is 0 Å². The monoisotopic (exact) mass is 599 g/mol. The van der Waals surface area contributed by atoms with Gasteiger partial charge >= 0.3 is 0 Å². The molecule has 0 amide bonds. The van der Waals surface area contributed by atoms with Crippen molar-refractivity contribution in [3.63, 3.8) is 0 Å². The van der Waals surface area contributed by atoms with Crippen LogP contribution >= 0.6 is 0 Å². The van der Waals surface area contributed by atoms with Crippen molar-refractivity contribution in [1.82, 2.24) is 0 Å². The van der Waals surface area contributed by atoms with Crippen LogP contribution in [0.1, 0.15) is 68.6 Å². The molecule has 0 saturated heterocycles. The lowest BCUT2D eigenvalue weighted by Gasteiger charge is -2.38. The number of nitrogens with zero attached hydrogens (tertiary/aromatic N) is 1. The molecule has 2 aromatic carbocycles. The Kier molecular flexibility index (Phi) is 14.1. The largest absolute Gasteiger partial charge is 0.490 e. The number of hydrogen-bond donors (Lipinski definition) is 1. The number of hydrogen-bond acceptors (Lipinski definition) is 8. The molecule has 4 rings (SSSR count). The van der Waals surface area contributed by atoms with Crippen LogP contribution in [0.4, 0.5) is 5.69 Å². The van der Waals surface area contributed by atoms with Crippen molar-refractivity contribution >= 4 is 5.69 Å². The van der Waals surface area contributed by atoms with E-state index in [-0.39, 0.29) is 24.2 Å². The Morgan fingerprint density at radius 1 is 0.907 bits per heavy atom. The third-order valence-corrected chi connectivity index (χ3v) is 8.36. The van der Waals surface area contributed by atoms with Gasteiger partial charge < -0.3 is 38.4 Å². The second kappa shape index (κ2) is 17.9. The van der Waals surface area contributed by atoms with E-state index in [0.717, 1.165) is 67.9 Å². The summed E-state index contributed by atoms with van der Waals surface area (Å²) in [4.78, 5) is 2.39. The van der Waals surface area contributed by atoms with Gasteiger partial charge in [-0.1, -0.05) is 37.3 Å². The minimum Gasteiger partial charge on any atom is -0.490 e. The van der Waals surface area contributed by atoms with E-state index in [4.69, 9.17) is 28.4 Å². The second-order valence-electron chi connectivity index (χ2n) is 12.2. The smallest absolute Gasteiger partial charge is 0.142 e. The Bertz CT molecular complexity index is 1060. The third-order valence-electron chi connectivity index (χ3n) is 8.36. The Morgan fingerprint density at radius 2 is 1.67 bits per heavy atom. The highest BCUT2D eigenvalue weighted by atomic mass is 16.5. The molecule has 2 aliphatic rings. The zero-order valence-electron chi connectivity index (χ0n) is 26.7. The van der Waals surface area contributed by atoms with E-state index in [1.807, 2.05) is 6.92 Å². The SMILES string of the molecule is COCCCN1CCOc2ccc(CO[C@H]3CCC[C@@H](OCC[C@@H](C)O)[C@@H]3c3ccc(COC[C@@H](C)COC)cc3)cc21. The molecule has 0 bridgehead atoms. The molecule has 0 radical (unpaired) electrons. The molecule has 1 N–H and O–H groups in total. The third kappa shape index (κ3) is 10.4. The summed E-state index contributed by atoms with van der Waals surface area (Å²) in [5, 5.41) is 9.81. The first-order valence-corrected chi connectivity index (χ1v) is 16.0. The van der Waals surface area contributed by atoms with Gasteiger partial charge in [0.1, 0.15) is 12.4 Å². The molecule has 5 atom stereocenters. The van der Waals surface area contributed by atoms with E-state index >= 15 is 0 Å². The Morgan fingerprint density at radius 3 is 2.42 bits per heavy atom. The number of ether oxygens (including phenoxy) is 6. The summed E-state index contributed by atoms with van der Waals surface area (Å²) in [6.45, 7) is 10.2. The van der Waals surface area contributed by atoms with Crippen molar-refractivity contribution in [2.75, 3.05) is 65.2 Å². The van der Waals surface area contributed by atoms with Gasteiger partial charge in [0.15, 0.2) is 0 Å². The predicted molar refractivity (Wildman–Crippen MR) is 169 cm³/mol. The van der Waals surface area contributed by atoms with Gasteiger partial charge in [0.05, 0.1) is 57.0 Å². The highest BCUT2D eigenvalue weighted by Crippen LogP contribution is 2.39. The van der Waals surface area contributed by atoms with E-state index < -0.39 is 0 Å². The van der Waals surface area contributed by atoms with Gasteiger partial charge in [-0.05, 0) is 67.9 Å². The van der Waals surface area contributed by atoms with Crippen LogP contribution in [0.25, 0.3) is 0 Å². The number of aliphatic hydroxyl groups is 1. The number of anilines is 1. The summed E-state index contributed by atoms with van der Waals surface area (Å²) in [5.74, 6) is 1.42. The molecule has 240 valence electrons. The predicted octanol–water partition coefficient (Wildman–Crippen LogP) is 5.73. The van der Waals surface area contributed by atoms with Crippen LogP contribution < -0.4 is 9.64 Å². The molecule has 0 spiro atoms. The lowest BCUT2D eigenvalue weighted by Crippen LogP contribution is -2.38. The van der Waals surface area contributed by atoms with Crippen molar-refractivity contribution in [1.29, 1.82) is 0 Å². The van der Waals surface area contributed by atoms with Gasteiger partial charge in [-0.25, -0.2) is 0 Å². The van der Waals surface area contributed by atoms with Crippen molar-refractivity contribution in [3.8, 4) is 5.75 Å². The average Bonchev–Trinajstić information content (AvgIpc) is 3.01. The Hall–Kier alpha value is -2.20. The van der Waals surface area contributed by atoms with Gasteiger partial charge in [0, 0.05) is 45.8 Å². The van der Waals surface area contributed by atoms with Gasteiger partial charge in [0.25, 0.3) is 0 Å². The fourth-order valence-electron chi connectivity index (χ4n) is 6.10. The fraction of sp³-hybridized carbons (Fsp3) is 0.657. The number of methoxy groups -OCH3 is 2. The molecule has 1 heterocycles. The zero-order chi connectivity index (χ0) is 30.4. The molecule has 2 aromatic rings. The van der Waals surface area contributed by atoms with E-state index in [9.17, 15) is 5.11 Å². The molecule has 1 aliphatic carbocycles. The van der Waals surface area contributed by atoms with E-state index in [0.29, 0.717) is 52.0 Å². The molecule has 1 fully saturated rings. The summed E-state index contributed by atoms with van der Waals surface area (Å²) in [6, 6.07) is 15.2. The van der Waals surface area contributed by atoms with Gasteiger partial charge in [0.2, 0.25) is 0 Å². The zero-order valence-corrected chi connectivity index (χ0v) is 26.7. The number of aliphatic hydroxyl groups excluding tert-OH is 1. The van der Waals surface area contributed by atoms with Gasteiger partial charge in [-0.2, -0.15) is 0 Å². The second-order valence-corrected chi connectivity index (χ2v) is 12.2. The Labute approximate surface area is 258 Å². The minimum atomic E-state index is -0.373. The van der Waals surface area contributed by atoms with Crippen LogP contribution in [0, 0.1) is 5.92 Å². The maximum atomic E-state index is 9.81. The molecule has 1 saturated carbocycles. The van der Waals surface area contributed by atoms with E-state index in [1.54, 1.807) is 14.2 Å². The van der Waals surface area contributed by atoms with Crippen LogP contribution in [-0.2, 0) is 36.9 Å². The summed E-state index contributed by atoms with van der Waals surface area (Å²) in [6.07, 6.45) is 4.34. The molecule has 8 heteroatoms. The van der Waals surface area contributed by atoms with Crippen molar-refractivity contribution in [2.24, 2.45) is 5.92 Å². The maximum Gasteiger partial charge on any atom is 0.142 e. The van der Waals surface area contributed by atoms with Crippen LogP contribution in [0.15, 0.2) is 42.5 Å². The standard InChI is InChI=1S/C35H53NO7/c1-26(22-39-4)23-40-24-28-9-12-30(13-10-28)35-33(41-19-15-27(2)37)7-5-8-34(35)43-25-29-11-14-32-31(21-29)36(17-20-42-32)16-6-18-38-3/h9-14,21,26-27,33-35,37H,5-8,15-20,22-25H2,1-4H3/t26-,27+,33+,34-,35-/m0/s1. The quantitative estimate of drug-likeness (QED) is 0.218. The molecule has 43 heavy (non-hydrogen) atoms. The first kappa shape index (κ1) is 33.7. The topological polar surface area (TPSA) is 78.9 Å². The normalized spacial score (nSPS) is 21.7. The number of rotatable bonds is 18. The molecular weight excluding hydrogens is 546 g/mol. The number of benzene rings is 2. The van der Waals surface area contributed by atoms with Crippen molar-refractivity contribution in [2.45, 2.75) is 83.4 Å². The maximum absolute atomic E-state index is 9.81. The summed E-state index contributed by atoms with van der Waals surface area (Å²) >= 11 is 0. The molecular formula is C35H53NO7. The highest BCUT2D eigenvalue weighted by Gasteiger charge is 2.36. The molecule has 1 aliphatic heterocycles. The number of fused-ring (bicyclic) bond motifs is 1. The van der Waals surface area contributed by atoms with Crippen molar-refractivity contribution in [3.05, 3.63) is 59.2 Å². The van der Waals surface area contributed by atoms with Gasteiger partial charge in [-0.3, -0.25) is 0 Å². The molecule has 0 unspecified atom stereocenters. The lowest BCUT2D eigenvalue weighted by molar-refractivity contribution is -0.0729. The van der Waals surface area contributed by atoms with Crippen molar-refractivity contribution < 1.29 is 33.5 Å².